The molecule has 1 atom stereocenters. The van der Waals surface area contributed by atoms with E-state index in [0.29, 0.717) is 6.42 Å². The van der Waals surface area contributed by atoms with Crippen LogP contribution in [0.25, 0.3) is 0 Å². The summed E-state index contributed by atoms with van der Waals surface area (Å²) in [6.07, 6.45) is 8.32. The molecule has 0 bridgehead atoms. The Bertz CT molecular complexity index is 877. The Hall–Kier alpha value is -1.75. The number of aromatic hydroxyl groups is 1. The number of ketones is 1. The molecule has 2 rings (SSSR count). The van der Waals surface area contributed by atoms with Crippen molar-refractivity contribution in [2.75, 3.05) is 0 Å². The summed E-state index contributed by atoms with van der Waals surface area (Å²) in [5.74, 6) is -1.03. The third kappa shape index (κ3) is 7.99. The van der Waals surface area contributed by atoms with Gasteiger partial charge in [-0.25, -0.2) is 0 Å². The molecule has 0 fully saturated rings. The Labute approximate surface area is 205 Å². The number of Topliss-reactive ketones (excluding diaryl/α,β-unsaturated/α-hetero) is 1. The Kier molecular flexibility index (Phi) is 11.4. The van der Waals surface area contributed by atoms with E-state index in [2.05, 4.69) is 12.2 Å². The van der Waals surface area contributed by atoms with E-state index in [1.807, 2.05) is 30.3 Å². The predicted octanol–water partition coefficient (Wildman–Crippen LogP) is 7.40. The van der Waals surface area contributed by atoms with Gasteiger partial charge < -0.3 is 10.4 Å². The largest absolute Gasteiger partial charge is 0.506 e. The van der Waals surface area contributed by atoms with Gasteiger partial charge in [-0.15, -0.1) is 0 Å². The third-order valence-corrected chi connectivity index (χ3v) is 6.50. The second-order valence-electron chi connectivity index (χ2n) is 7.93. The van der Waals surface area contributed by atoms with Crippen LogP contribution in [0, 0.1) is 0 Å². The number of rotatable bonds is 13. The second-order valence-corrected chi connectivity index (χ2v) is 9.09. The molecule has 4 nitrogen and oxygen atoms in total. The van der Waals surface area contributed by atoms with Gasteiger partial charge in [0.2, 0.25) is 5.91 Å². The van der Waals surface area contributed by atoms with E-state index in [9.17, 15) is 14.7 Å². The van der Waals surface area contributed by atoms with Crippen LogP contribution in [-0.4, -0.2) is 22.8 Å². The summed E-state index contributed by atoms with van der Waals surface area (Å²) in [6, 6.07) is 9.66. The molecule has 1 amide bonds. The van der Waals surface area contributed by atoms with Crippen LogP contribution in [0.15, 0.2) is 36.4 Å². The molecule has 0 aliphatic rings. The maximum Gasteiger partial charge on any atom is 0.220 e. The highest BCUT2D eigenvalue weighted by Gasteiger charge is 2.28. The molecule has 0 spiro atoms. The number of hydrogen-bond acceptors (Lipinski definition) is 3. The smallest absolute Gasteiger partial charge is 0.220 e. The van der Waals surface area contributed by atoms with Crippen LogP contribution in [0.5, 0.6) is 5.75 Å². The van der Waals surface area contributed by atoms with Crippen molar-refractivity contribution in [3.05, 3.63) is 62.6 Å². The highest BCUT2D eigenvalue weighted by atomic mass is 35.5. The summed E-state index contributed by atoms with van der Waals surface area (Å²) in [6.45, 7) is 2.18. The van der Waals surface area contributed by atoms with Crippen molar-refractivity contribution >= 4 is 46.5 Å². The number of carbonyl (C=O) groups excluding carboxylic acids is 2. The number of phenolic OH excluding ortho intramolecular Hbond substituents is 1. The van der Waals surface area contributed by atoms with Gasteiger partial charge >= 0.3 is 0 Å². The summed E-state index contributed by atoms with van der Waals surface area (Å²) >= 11 is 18.5. The Morgan fingerprint density at radius 2 is 1.56 bits per heavy atom. The number of carbonyl (C=O) groups is 2. The van der Waals surface area contributed by atoms with Crippen molar-refractivity contribution in [1.82, 2.24) is 5.32 Å². The third-order valence-electron chi connectivity index (χ3n) is 5.33. The lowest BCUT2D eigenvalue weighted by atomic mass is 9.96. The molecule has 174 valence electrons. The Morgan fingerprint density at radius 3 is 2.22 bits per heavy atom. The first kappa shape index (κ1) is 26.5. The van der Waals surface area contributed by atoms with Crippen molar-refractivity contribution < 1.29 is 14.7 Å². The van der Waals surface area contributed by atoms with Crippen molar-refractivity contribution in [2.45, 2.75) is 70.8 Å². The fourth-order valence-electron chi connectivity index (χ4n) is 3.55. The molecule has 0 radical (unpaired) electrons. The zero-order valence-electron chi connectivity index (χ0n) is 18.3. The van der Waals surface area contributed by atoms with Crippen LogP contribution in [0.1, 0.15) is 74.2 Å². The van der Waals surface area contributed by atoms with E-state index < -0.39 is 11.8 Å². The van der Waals surface area contributed by atoms with Gasteiger partial charge in [0.05, 0.1) is 26.7 Å². The topological polar surface area (TPSA) is 66.4 Å². The van der Waals surface area contributed by atoms with Gasteiger partial charge in [-0.3, -0.25) is 9.59 Å². The van der Waals surface area contributed by atoms with E-state index in [4.69, 9.17) is 34.8 Å². The molecule has 0 saturated carbocycles. The molecule has 2 aromatic rings. The first-order valence-corrected chi connectivity index (χ1v) is 12.2. The van der Waals surface area contributed by atoms with E-state index in [-0.39, 0.29) is 38.7 Å². The normalized spacial score (nSPS) is 11.9. The summed E-state index contributed by atoms with van der Waals surface area (Å²) < 4.78 is 0. The molecule has 2 N–H and O–H groups in total. The summed E-state index contributed by atoms with van der Waals surface area (Å²) in [5, 5.41) is 12.7. The van der Waals surface area contributed by atoms with Crippen molar-refractivity contribution in [2.24, 2.45) is 0 Å². The first-order valence-electron chi connectivity index (χ1n) is 11.1. The van der Waals surface area contributed by atoms with Crippen LogP contribution >= 0.6 is 34.8 Å². The summed E-state index contributed by atoms with van der Waals surface area (Å²) in [7, 11) is 0. The number of nitrogens with one attached hydrogen (secondary N) is 1. The number of halogens is 3. The fourth-order valence-corrected chi connectivity index (χ4v) is 4.28. The molecule has 0 unspecified atom stereocenters. The number of phenols is 1. The quantitative estimate of drug-likeness (QED) is 0.172. The highest BCUT2D eigenvalue weighted by molar-refractivity contribution is 6.47. The molecule has 0 aliphatic carbocycles. The van der Waals surface area contributed by atoms with Crippen LogP contribution in [0.3, 0.4) is 0 Å². The van der Waals surface area contributed by atoms with Gasteiger partial charge in [-0.2, -0.15) is 0 Å². The van der Waals surface area contributed by atoms with Gasteiger partial charge in [0.15, 0.2) is 5.78 Å². The van der Waals surface area contributed by atoms with Crippen LogP contribution in [-0.2, 0) is 11.2 Å². The first-order chi connectivity index (χ1) is 15.3. The van der Waals surface area contributed by atoms with E-state index >= 15 is 0 Å². The van der Waals surface area contributed by atoms with Gasteiger partial charge in [0, 0.05) is 18.9 Å². The monoisotopic (exact) mass is 497 g/mol. The molecule has 0 saturated heterocycles. The average molecular weight is 499 g/mol. The number of amides is 1. The number of benzene rings is 2. The molecule has 0 heterocycles. The van der Waals surface area contributed by atoms with Gasteiger partial charge in [-0.1, -0.05) is 111 Å². The van der Waals surface area contributed by atoms with E-state index in [1.165, 1.54) is 31.7 Å². The molecule has 2 aromatic carbocycles. The zero-order valence-corrected chi connectivity index (χ0v) is 20.6. The minimum Gasteiger partial charge on any atom is -0.506 e. The van der Waals surface area contributed by atoms with Crippen LogP contribution in [0.2, 0.25) is 15.1 Å². The summed E-state index contributed by atoms with van der Waals surface area (Å²) in [5.41, 5.74) is 0.788. The van der Waals surface area contributed by atoms with Crippen LogP contribution in [0.4, 0.5) is 0 Å². The highest BCUT2D eigenvalue weighted by Crippen LogP contribution is 2.39. The van der Waals surface area contributed by atoms with Gasteiger partial charge in [-0.05, 0) is 12.0 Å². The fraction of sp³-hybridized carbons (Fsp3) is 0.440. The molecule has 0 aromatic heterocycles. The summed E-state index contributed by atoms with van der Waals surface area (Å²) in [4.78, 5) is 26.0. The maximum atomic E-state index is 13.4. The second kappa shape index (κ2) is 13.7. The number of unbranched alkanes of at least 4 members (excludes halogenated alkanes) is 6. The lowest BCUT2D eigenvalue weighted by molar-refractivity contribution is -0.121. The molecular weight excluding hydrogens is 469 g/mol. The average Bonchev–Trinajstić information content (AvgIpc) is 2.77. The Morgan fingerprint density at radius 1 is 0.938 bits per heavy atom. The lowest BCUT2D eigenvalue weighted by Gasteiger charge is -2.20. The van der Waals surface area contributed by atoms with Crippen molar-refractivity contribution in [3.63, 3.8) is 0 Å². The molecule has 0 aliphatic heterocycles. The predicted molar refractivity (Wildman–Crippen MR) is 132 cm³/mol. The minimum atomic E-state index is -0.887. The molecule has 7 heteroatoms. The lowest BCUT2D eigenvalue weighted by Crippen LogP contribution is -2.42. The minimum absolute atomic E-state index is 0.0183. The van der Waals surface area contributed by atoms with E-state index in [0.717, 1.165) is 24.8 Å². The van der Waals surface area contributed by atoms with Crippen molar-refractivity contribution in [3.8, 4) is 5.75 Å². The van der Waals surface area contributed by atoms with Crippen LogP contribution < -0.4 is 5.32 Å². The van der Waals surface area contributed by atoms with Gasteiger partial charge in [0.1, 0.15) is 5.75 Å². The Balaban J connectivity index is 2.10. The SMILES string of the molecule is CCCCCCCCCC(=O)N[C@@H](Cc1ccccc1)C(=O)c1c(Cl)c(O)cc(Cl)c1Cl. The molecular formula is C25H30Cl3NO3. The van der Waals surface area contributed by atoms with Crippen molar-refractivity contribution in [1.29, 1.82) is 0 Å². The van der Waals surface area contributed by atoms with Gasteiger partial charge in [0.25, 0.3) is 0 Å². The molecule has 32 heavy (non-hydrogen) atoms. The van der Waals surface area contributed by atoms with E-state index in [1.54, 1.807) is 0 Å². The standard InChI is InChI=1S/C25H30Cl3NO3/c1-2-3-4-5-6-7-11-14-21(31)29-19(15-17-12-9-8-10-13-17)25(32)22-23(27)18(26)16-20(30)24(22)28/h8-10,12-13,16,19,30H,2-7,11,14-15H2,1H3,(H,29,31)/t19-/m0/s1. The number of hydrogen-bond donors (Lipinski definition) is 2. The zero-order chi connectivity index (χ0) is 23.5. The maximum absolute atomic E-state index is 13.4.